The number of carbonyl (C=O) groups excluding carboxylic acids is 2. The molecule has 9 heteroatoms. The van der Waals surface area contributed by atoms with E-state index in [0.717, 1.165) is 25.7 Å². The average molecular weight is 461 g/mol. The van der Waals surface area contributed by atoms with Crippen molar-refractivity contribution in [3.63, 3.8) is 0 Å². The van der Waals surface area contributed by atoms with Gasteiger partial charge in [-0.3, -0.25) is 4.79 Å². The van der Waals surface area contributed by atoms with Gasteiger partial charge in [0.25, 0.3) is 5.91 Å². The van der Waals surface area contributed by atoms with Gasteiger partial charge in [-0.05, 0) is 62.2 Å². The minimum absolute atomic E-state index is 0.0583. The number of rotatable bonds is 7. The maximum atomic E-state index is 13.1. The molecule has 0 saturated carbocycles. The maximum absolute atomic E-state index is 13.1. The van der Waals surface area contributed by atoms with Gasteiger partial charge in [0.05, 0.1) is 29.7 Å². The number of ether oxygens (including phenoxy) is 2. The quantitative estimate of drug-likeness (QED) is 0.633. The lowest BCUT2D eigenvalue weighted by molar-refractivity contribution is 0.0526. The Balaban J connectivity index is 1.83. The highest BCUT2D eigenvalue weighted by atomic mass is 32.2. The van der Waals surface area contributed by atoms with E-state index in [0.29, 0.717) is 24.3 Å². The molecular weight excluding hydrogens is 432 g/mol. The van der Waals surface area contributed by atoms with Gasteiger partial charge < -0.3 is 14.8 Å². The molecule has 1 aliphatic rings. The number of esters is 1. The molecule has 0 bridgehead atoms. The highest BCUT2D eigenvalue weighted by Gasteiger charge is 2.27. The molecule has 1 heterocycles. The Hall–Kier alpha value is -2.91. The maximum Gasteiger partial charge on any atom is 0.338 e. The standard InChI is InChI=1S/C23H28N2O6S/c1-3-31-23(27)17-8-10-18(11-9-17)24-22(26)20-16-19(12-13-21(20)30-2)32(28,29)25-14-6-4-5-7-15-25/h8-13,16H,3-7,14-15H2,1-2H3,(H,24,26). The van der Waals surface area contributed by atoms with Crippen LogP contribution in [0.25, 0.3) is 0 Å². The van der Waals surface area contributed by atoms with E-state index < -0.39 is 21.9 Å². The summed E-state index contributed by atoms with van der Waals surface area (Å²) >= 11 is 0. The van der Waals surface area contributed by atoms with Gasteiger partial charge in [-0.1, -0.05) is 12.8 Å². The molecule has 1 amide bonds. The summed E-state index contributed by atoms with van der Waals surface area (Å²) in [4.78, 5) is 24.8. The van der Waals surface area contributed by atoms with Gasteiger partial charge in [-0.2, -0.15) is 4.31 Å². The molecule has 1 saturated heterocycles. The summed E-state index contributed by atoms with van der Waals surface area (Å²) in [6, 6.07) is 10.5. The molecule has 1 N–H and O–H groups in total. The van der Waals surface area contributed by atoms with Crippen LogP contribution in [0.15, 0.2) is 47.4 Å². The number of amides is 1. The summed E-state index contributed by atoms with van der Waals surface area (Å²) < 4.78 is 38.0. The SMILES string of the molecule is CCOC(=O)c1ccc(NC(=O)c2cc(S(=O)(=O)N3CCCCCC3)ccc2OC)cc1. The van der Waals surface area contributed by atoms with E-state index in [1.165, 1.54) is 29.6 Å². The van der Waals surface area contributed by atoms with Gasteiger partial charge in [0.15, 0.2) is 0 Å². The van der Waals surface area contributed by atoms with E-state index in [1.807, 2.05) is 0 Å². The van der Waals surface area contributed by atoms with Gasteiger partial charge in [-0.15, -0.1) is 0 Å². The monoisotopic (exact) mass is 460 g/mol. The molecule has 3 rings (SSSR count). The van der Waals surface area contributed by atoms with E-state index in [-0.39, 0.29) is 22.8 Å². The number of hydrogen-bond acceptors (Lipinski definition) is 6. The van der Waals surface area contributed by atoms with Gasteiger partial charge in [0, 0.05) is 18.8 Å². The summed E-state index contributed by atoms with van der Waals surface area (Å²) in [5.74, 6) is -0.697. The number of hydrogen-bond donors (Lipinski definition) is 1. The summed E-state index contributed by atoms with van der Waals surface area (Å²) in [6.45, 7) is 2.94. The molecule has 0 unspecified atom stereocenters. The molecule has 32 heavy (non-hydrogen) atoms. The van der Waals surface area contributed by atoms with Crippen LogP contribution in [-0.2, 0) is 14.8 Å². The van der Waals surface area contributed by atoms with E-state index in [4.69, 9.17) is 9.47 Å². The molecule has 172 valence electrons. The van der Waals surface area contributed by atoms with Crippen molar-refractivity contribution in [1.82, 2.24) is 4.31 Å². The minimum atomic E-state index is -3.71. The number of benzene rings is 2. The van der Waals surface area contributed by atoms with Crippen molar-refractivity contribution in [2.24, 2.45) is 0 Å². The fraction of sp³-hybridized carbons (Fsp3) is 0.391. The van der Waals surface area contributed by atoms with Crippen molar-refractivity contribution in [2.45, 2.75) is 37.5 Å². The van der Waals surface area contributed by atoms with Crippen LogP contribution in [0.4, 0.5) is 5.69 Å². The average Bonchev–Trinajstić information content (AvgIpc) is 3.09. The molecule has 1 aliphatic heterocycles. The molecule has 0 aliphatic carbocycles. The summed E-state index contributed by atoms with van der Waals surface area (Å²) in [6.07, 6.45) is 3.67. The third-order valence-electron chi connectivity index (χ3n) is 5.27. The third kappa shape index (κ3) is 5.46. The van der Waals surface area contributed by atoms with Crippen LogP contribution >= 0.6 is 0 Å². The highest BCUT2D eigenvalue weighted by molar-refractivity contribution is 7.89. The van der Waals surface area contributed by atoms with Gasteiger partial charge in [0.1, 0.15) is 5.75 Å². The fourth-order valence-corrected chi connectivity index (χ4v) is 5.10. The molecule has 2 aromatic carbocycles. The first kappa shape index (κ1) is 23.7. The predicted molar refractivity (Wildman–Crippen MR) is 121 cm³/mol. The zero-order valence-corrected chi connectivity index (χ0v) is 19.1. The second-order valence-electron chi connectivity index (χ2n) is 7.43. The highest BCUT2D eigenvalue weighted by Crippen LogP contribution is 2.27. The Kier molecular flexibility index (Phi) is 7.87. The molecule has 0 radical (unpaired) electrons. The molecule has 0 aromatic heterocycles. The molecule has 2 aromatic rings. The Morgan fingerprint density at radius 2 is 1.66 bits per heavy atom. The number of methoxy groups -OCH3 is 1. The van der Waals surface area contributed by atoms with E-state index >= 15 is 0 Å². The second kappa shape index (κ2) is 10.6. The lowest BCUT2D eigenvalue weighted by atomic mass is 10.1. The van der Waals surface area contributed by atoms with Crippen molar-refractivity contribution in [1.29, 1.82) is 0 Å². The zero-order valence-electron chi connectivity index (χ0n) is 18.3. The predicted octanol–water partition coefficient (Wildman–Crippen LogP) is 3.69. The lowest BCUT2D eigenvalue weighted by Gasteiger charge is -2.20. The number of sulfonamides is 1. The van der Waals surface area contributed by atoms with Gasteiger partial charge in [0.2, 0.25) is 10.0 Å². The number of carbonyl (C=O) groups is 2. The Morgan fingerprint density at radius 1 is 1.00 bits per heavy atom. The van der Waals surface area contributed by atoms with Gasteiger partial charge in [-0.25, -0.2) is 13.2 Å². The van der Waals surface area contributed by atoms with E-state index in [1.54, 1.807) is 31.2 Å². The van der Waals surface area contributed by atoms with E-state index in [2.05, 4.69) is 5.32 Å². The zero-order chi connectivity index (χ0) is 23.1. The Labute approximate surface area is 188 Å². The van der Waals surface area contributed by atoms with Crippen LogP contribution < -0.4 is 10.1 Å². The fourth-order valence-electron chi connectivity index (χ4n) is 3.56. The molecule has 8 nitrogen and oxygen atoms in total. The largest absolute Gasteiger partial charge is 0.496 e. The topological polar surface area (TPSA) is 102 Å². The van der Waals surface area contributed by atoms with Crippen LogP contribution in [0.5, 0.6) is 5.75 Å². The summed E-state index contributed by atoms with van der Waals surface area (Å²) in [7, 11) is -2.29. The van der Waals surface area contributed by atoms with Crippen molar-refractivity contribution in [2.75, 3.05) is 32.1 Å². The first-order valence-corrected chi connectivity index (χ1v) is 12.1. The minimum Gasteiger partial charge on any atom is -0.496 e. The van der Waals surface area contributed by atoms with Crippen molar-refractivity contribution < 1.29 is 27.5 Å². The van der Waals surface area contributed by atoms with Crippen LogP contribution in [0.1, 0.15) is 53.3 Å². The van der Waals surface area contributed by atoms with Crippen molar-refractivity contribution >= 4 is 27.6 Å². The summed E-state index contributed by atoms with van der Waals surface area (Å²) in [5.41, 5.74) is 0.928. The van der Waals surface area contributed by atoms with Crippen molar-refractivity contribution in [3.05, 3.63) is 53.6 Å². The normalized spacial score (nSPS) is 14.9. The molecule has 0 atom stereocenters. The number of nitrogens with zero attached hydrogens (tertiary/aromatic N) is 1. The smallest absolute Gasteiger partial charge is 0.338 e. The van der Waals surface area contributed by atoms with Crippen LogP contribution in [0.2, 0.25) is 0 Å². The second-order valence-corrected chi connectivity index (χ2v) is 9.37. The Morgan fingerprint density at radius 3 is 2.25 bits per heavy atom. The van der Waals surface area contributed by atoms with Crippen LogP contribution in [-0.4, -0.2) is 51.4 Å². The molecule has 1 fully saturated rings. The van der Waals surface area contributed by atoms with Crippen molar-refractivity contribution in [3.8, 4) is 5.75 Å². The van der Waals surface area contributed by atoms with Crippen LogP contribution in [0.3, 0.4) is 0 Å². The first-order chi connectivity index (χ1) is 15.4. The van der Waals surface area contributed by atoms with E-state index in [9.17, 15) is 18.0 Å². The first-order valence-electron chi connectivity index (χ1n) is 10.6. The summed E-state index contributed by atoms with van der Waals surface area (Å²) in [5, 5.41) is 2.72. The lowest BCUT2D eigenvalue weighted by Crippen LogP contribution is -2.32. The molecule has 0 spiro atoms. The number of nitrogens with one attached hydrogen (secondary N) is 1. The van der Waals surface area contributed by atoms with Gasteiger partial charge >= 0.3 is 5.97 Å². The number of anilines is 1. The molecular formula is C23H28N2O6S. The van der Waals surface area contributed by atoms with Crippen LogP contribution in [0, 0.1) is 0 Å². The Bertz CT molecular complexity index is 1060. The third-order valence-corrected chi connectivity index (χ3v) is 7.17.